The van der Waals surface area contributed by atoms with Gasteiger partial charge in [0.25, 0.3) is 5.69 Å². The summed E-state index contributed by atoms with van der Waals surface area (Å²) >= 11 is 0. The SMILES string of the molecule is CN(C)CCNc1cc(F)ccc1[N+](=O)[O-]. The third kappa shape index (κ3) is 3.47. The highest BCUT2D eigenvalue weighted by atomic mass is 19.1. The molecule has 0 aliphatic heterocycles. The van der Waals surface area contributed by atoms with Crippen LogP contribution in [0.15, 0.2) is 18.2 Å². The van der Waals surface area contributed by atoms with Gasteiger partial charge in [-0.15, -0.1) is 0 Å². The molecule has 0 aliphatic rings. The maximum atomic E-state index is 12.9. The first-order chi connectivity index (χ1) is 7.50. The maximum Gasteiger partial charge on any atom is 0.292 e. The van der Waals surface area contributed by atoms with Gasteiger partial charge in [0.15, 0.2) is 0 Å². The van der Waals surface area contributed by atoms with Crippen molar-refractivity contribution < 1.29 is 9.31 Å². The van der Waals surface area contributed by atoms with Crippen molar-refractivity contribution >= 4 is 11.4 Å². The van der Waals surface area contributed by atoms with Gasteiger partial charge in [-0.05, 0) is 20.2 Å². The van der Waals surface area contributed by atoms with E-state index in [1.807, 2.05) is 19.0 Å². The van der Waals surface area contributed by atoms with Gasteiger partial charge in [0.05, 0.1) is 4.92 Å². The Balaban J connectivity index is 2.76. The lowest BCUT2D eigenvalue weighted by molar-refractivity contribution is -0.384. The van der Waals surface area contributed by atoms with Gasteiger partial charge in [-0.3, -0.25) is 10.1 Å². The van der Waals surface area contributed by atoms with Crippen LogP contribution in [0.2, 0.25) is 0 Å². The smallest absolute Gasteiger partial charge is 0.292 e. The zero-order chi connectivity index (χ0) is 12.1. The normalized spacial score (nSPS) is 10.5. The molecule has 0 fully saturated rings. The Morgan fingerprint density at radius 1 is 1.50 bits per heavy atom. The molecule has 88 valence electrons. The molecule has 0 bridgehead atoms. The van der Waals surface area contributed by atoms with Crippen LogP contribution < -0.4 is 5.32 Å². The summed E-state index contributed by atoms with van der Waals surface area (Å²) in [6, 6.07) is 3.37. The lowest BCUT2D eigenvalue weighted by Crippen LogP contribution is -2.21. The molecule has 0 aliphatic carbocycles. The zero-order valence-electron chi connectivity index (χ0n) is 9.24. The van der Waals surface area contributed by atoms with Crippen LogP contribution in [0.1, 0.15) is 0 Å². The molecule has 16 heavy (non-hydrogen) atoms. The van der Waals surface area contributed by atoms with Gasteiger partial charge < -0.3 is 10.2 Å². The highest BCUT2D eigenvalue weighted by molar-refractivity contribution is 5.61. The predicted molar refractivity (Wildman–Crippen MR) is 60.1 cm³/mol. The van der Waals surface area contributed by atoms with Crippen LogP contribution in [0.5, 0.6) is 0 Å². The number of rotatable bonds is 5. The fourth-order valence-corrected chi connectivity index (χ4v) is 1.22. The minimum atomic E-state index is -0.530. The van der Waals surface area contributed by atoms with Gasteiger partial charge in [-0.2, -0.15) is 0 Å². The molecule has 0 atom stereocenters. The number of nitrogens with one attached hydrogen (secondary N) is 1. The Morgan fingerprint density at radius 2 is 2.19 bits per heavy atom. The molecule has 0 heterocycles. The van der Waals surface area contributed by atoms with E-state index in [4.69, 9.17) is 0 Å². The third-order valence-electron chi connectivity index (χ3n) is 2.03. The van der Waals surface area contributed by atoms with E-state index in [-0.39, 0.29) is 11.4 Å². The fourth-order valence-electron chi connectivity index (χ4n) is 1.22. The molecule has 0 radical (unpaired) electrons. The number of nitrogens with zero attached hydrogens (tertiary/aromatic N) is 2. The van der Waals surface area contributed by atoms with E-state index >= 15 is 0 Å². The summed E-state index contributed by atoms with van der Waals surface area (Å²) in [7, 11) is 3.78. The Bertz CT molecular complexity index is 382. The largest absolute Gasteiger partial charge is 0.378 e. The number of nitro benzene ring substituents is 1. The second kappa shape index (κ2) is 5.41. The number of hydrogen-bond acceptors (Lipinski definition) is 4. The number of hydrogen-bond donors (Lipinski definition) is 1. The molecule has 0 spiro atoms. The molecule has 0 unspecified atom stereocenters. The molecule has 0 amide bonds. The minimum absolute atomic E-state index is 0.111. The van der Waals surface area contributed by atoms with Crippen molar-refractivity contribution in [1.82, 2.24) is 4.90 Å². The molecule has 1 aromatic rings. The van der Waals surface area contributed by atoms with Crippen molar-refractivity contribution in [1.29, 1.82) is 0 Å². The molecular formula is C10H14FN3O2. The third-order valence-corrected chi connectivity index (χ3v) is 2.03. The maximum absolute atomic E-state index is 12.9. The van der Waals surface area contributed by atoms with Gasteiger partial charge in [-0.1, -0.05) is 0 Å². The number of benzene rings is 1. The van der Waals surface area contributed by atoms with Gasteiger partial charge in [0.2, 0.25) is 0 Å². The van der Waals surface area contributed by atoms with Gasteiger partial charge in [0.1, 0.15) is 11.5 Å². The van der Waals surface area contributed by atoms with E-state index in [2.05, 4.69) is 5.32 Å². The minimum Gasteiger partial charge on any atom is -0.378 e. The molecule has 1 aromatic carbocycles. The summed E-state index contributed by atoms with van der Waals surface area (Å²) in [5, 5.41) is 13.5. The summed E-state index contributed by atoms with van der Waals surface area (Å²) < 4.78 is 12.9. The lowest BCUT2D eigenvalue weighted by atomic mass is 10.2. The molecule has 0 saturated carbocycles. The second-order valence-electron chi connectivity index (χ2n) is 3.65. The van der Waals surface area contributed by atoms with Crippen LogP contribution in [0.25, 0.3) is 0 Å². The monoisotopic (exact) mass is 227 g/mol. The van der Waals surface area contributed by atoms with Gasteiger partial charge in [-0.25, -0.2) is 4.39 Å². The van der Waals surface area contributed by atoms with E-state index in [9.17, 15) is 14.5 Å². The van der Waals surface area contributed by atoms with Crippen molar-refractivity contribution in [3.63, 3.8) is 0 Å². The van der Waals surface area contributed by atoms with Gasteiger partial charge >= 0.3 is 0 Å². The highest BCUT2D eigenvalue weighted by Gasteiger charge is 2.13. The predicted octanol–water partition coefficient (Wildman–Crippen LogP) is 1.71. The van der Waals surface area contributed by atoms with Gasteiger partial charge in [0, 0.05) is 25.2 Å². The van der Waals surface area contributed by atoms with Crippen molar-refractivity contribution in [3.8, 4) is 0 Å². The first-order valence-corrected chi connectivity index (χ1v) is 4.83. The standard InChI is InChI=1S/C10H14FN3O2/c1-13(2)6-5-12-9-7-8(11)3-4-10(9)14(15)16/h3-4,7,12H,5-6H2,1-2H3. The summed E-state index contributed by atoms with van der Waals surface area (Å²) in [6.45, 7) is 1.24. The summed E-state index contributed by atoms with van der Waals surface area (Å²) in [5.41, 5.74) is 0.104. The van der Waals surface area contributed by atoms with E-state index in [1.165, 1.54) is 0 Å². The number of anilines is 1. The first kappa shape index (κ1) is 12.4. The van der Waals surface area contributed by atoms with E-state index in [0.29, 0.717) is 13.1 Å². The quantitative estimate of drug-likeness (QED) is 0.614. The number of nitro groups is 1. The highest BCUT2D eigenvalue weighted by Crippen LogP contribution is 2.24. The van der Waals surface area contributed by atoms with Crippen LogP contribution in [0.3, 0.4) is 0 Å². The van der Waals surface area contributed by atoms with Crippen molar-refractivity contribution in [2.75, 3.05) is 32.5 Å². The zero-order valence-corrected chi connectivity index (χ0v) is 9.24. The van der Waals surface area contributed by atoms with Crippen molar-refractivity contribution in [3.05, 3.63) is 34.1 Å². The second-order valence-corrected chi connectivity index (χ2v) is 3.65. The summed E-state index contributed by atoms with van der Waals surface area (Å²) in [4.78, 5) is 12.1. The molecule has 6 heteroatoms. The van der Waals surface area contributed by atoms with E-state index < -0.39 is 10.7 Å². The van der Waals surface area contributed by atoms with E-state index in [0.717, 1.165) is 18.2 Å². The molecule has 0 saturated heterocycles. The Kier molecular flexibility index (Phi) is 4.19. The van der Waals surface area contributed by atoms with Crippen LogP contribution in [0, 0.1) is 15.9 Å². The molecule has 0 aromatic heterocycles. The lowest BCUT2D eigenvalue weighted by Gasteiger charge is -2.11. The Hall–Kier alpha value is -1.69. The van der Waals surface area contributed by atoms with Crippen molar-refractivity contribution in [2.45, 2.75) is 0 Å². The van der Waals surface area contributed by atoms with Crippen LogP contribution in [-0.2, 0) is 0 Å². The fraction of sp³-hybridized carbons (Fsp3) is 0.400. The molecule has 5 nitrogen and oxygen atoms in total. The molecule has 1 rings (SSSR count). The van der Waals surface area contributed by atoms with Crippen LogP contribution in [0.4, 0.5) is 15.8 Å². The molecular weight excluding hydrogens is 213 g/mol. The first-order valence-electron chi connectivity index (χ1n) is 4.83. The summed E-state index contributed by atoms with van der Waals surface area (Å²) in [5.74, 6) is -0.488. The topological polar surface area (TPSA) is 58.4 Å². The molecule has 1 N–H and O–H groups in total. The van der Waals surface area contributed by atoms with Crippen molar-refractivity contribution in [2.24, 2.45) is 0 Å². The Labute approximate surface area is 93.0 Å². The number of likely N-dealkylation sites (N-methyl/N-ethyl adjacent to an activating group) is 1. The van der Waals surface area contributed by atoms with Crippen LogP contribution >= 0.6 is 0 Å². The summed E-state index contributed by atoms with van der Waals surface area (Å²) in [6.07, 6.45) is 0. The average molecular weight is 227 g/mol. The Morgan fingerprint density at radius 3 is 2.75 bits per heavy atom. The number of halogens is 1. The average Bonchev–Trinajstić information content (AvgIpc) is 2.16. The van der Waals surface area contributed by atoms with Crippen LogP contribution in [-0.4, -0.2) is 37.0 Å². The van der Waals surface area contributed by atoms with E-state index in [1.54, 1.807) is 0 Å².